The maximum Gasteiger partial charge on any atom is 0.422 e. The molecule has 0 aromatic carbocycles. The molecule has 0 fully saturated rings. The van der Waals surface area contributed by atoms with Gasteiger partial charge >= 0.3 is 12.1 Å². The smallest absolute Gasteiger partial charge is 0.422 e. The van der Waals surface area contributed by atoms with E-state index < -0.39 is 18.8 Å². The fourth-order valence-corrected chi connectivity index (χ4v) is 2.25. The Kier molecular flexibility index (Phi) is 4.39. The average molecular weight is 268 g/mol. The van der Waals surface area contributed by atoms with Crippen molar-refractivity contribution >= 4 is 17.3 Å². The highest BCUT2D eigenvalue weighted by molar-refractivity contribution is 7.14. The molecule has 1 heterocycles. The molecule has 3 nitrogen and oxygen atoms in total. The highest BCUT2D eigenvalue weighted by Gasteiger charge is 2.29. The normalized spacial score (nSPS) is 11.5. The first kappa shape index (κ1) is 13.8. The van der Waals surface area contributed by atoms with Crippen LogP contribution in [0.5, 0.6) is 5.75 Å². The summed E-state index contributed by atoms with van der Waals surface area (Å²) in [7, 11) is 0. The van der Waals surface area contributed by atoms with Crippen molar-refractivity contribution < 1.29 is 27.8 Å². The topological polar surface area (TPSA) is 46.5 Å². The van der Waals surface area contributed by atoms with E-state index in [0.717, 1.165) is 17.8 Å². The number of ether oxygens (including phenoxy) is 1. The van der Waals surface area contributed by atoms with Crippen molar-refractivity contribution in [1.29, 1.82) is 0 Å². The number of thiophene rings is 1. The summed E-state index contributed by atoms with van der Waals surface area (Å²) in [6.07, 6.45) is -3.05. The number of carboxylic acid groups (broad SMARTS) is 1. The molecule has 0 radical (unpaired) electrons. The summed E-state index contributed by atoms with van der Waals surface area (Å²) < 4.78 is 40.4. The highest BCUT2D eigenvalue weighted by atomic mass is 32.1. The molecule has 0 unspecified atom stereocenters. The number of aryl methyl sites for hydroxylation is 1. The van der Waals surface area contributed by atoms with Crippen molar-refractivity contribution in [3.63, 3.8) is 0 Å². The zero-order valence-electron chi connectivity index (χ0n) is 9.00. The van der Waals surface area contributed by atoms with E-state index >= 15 is 0 Å². The van der Waals surface area contributed by atoms with Gasteiger partial charge in [0.05, 0.1) is 0 Å². The predicted octanol–water partition coefficient (Wildman–Crippen LogP) is 3.34. The van der Waals surface area contributed by atoms with Gasteiger partial charge in [-0.25, -0.2) is 4.79 Å². The Hall–Kier alpha value is -1.24. The van der Waals surface area contributed by atoms with Gasteiger partial charge in [0, 0.05) is 4.88 Å². The van der Waals surface area contributed by atoms with E-state index in [1.54, 1.807) is 0 Å². The first-order chi connectivity index (χ1) is 7.83. The van der Waals surface area contributed by atoms with Gasteiger partial charge in [-0.1, -0.05) is 13.3 Å². The van der Waals surface area contributed by atoms with Crippen LogP contribution in [-0.4, -0.2) is 23.9 Å². The summed E-state index contributed by atoms with van der Waals surface area (Å²) in [4.78, 5) is 11.3. The summed E-state index contributed by atoms with van der Waals surface area (Å²) in [5, 5.41) is 8.83. The van der Waals surface area contributed by atoms with E-state index in [-0.39, 0.29) is 10.6 Å². The second-order valence-electron chi connectivity index (χ2n) is 3.37. The standard InChI is InChI=1S/C10H11F3O3S/c1-2-3-6-4-7(8(17-6)9(14)15)16-5-10(11,12)13/h4H,2-3,5H2,1H3,(H,14,15). The van der Waals surface area contributed by atoms with Crippen LogP contribution in [0.4, 0.5) is 13.2 Å². The van der Waals surface area contributed by atoms with Crippen LogP contribution < -0.4 is 4.74 Å². The molecule has 7 heteroatoms. The Labute approximate surface area is 99.8 Å². The van der Waals surface area contributed by atoms with E-state index in [1.807, 2.05) is 6.92 Å². The Morgan fingerprint density at radius 1 is 1.53 bits per heavy atom. The molecule has 1 rings (SSSR count). The van der Waals surface area contributed by atoms with Crippen LogP contribution in [0.2, 0.25) is 0 Å². The van der Waals surface area contributed by atoms with E-state index in [4.69, 9.17) is 5.11 Å². The lowest BCUT2D eigenvalue weighted by Gasteiger charge is -2.07. The third kappa shape index (κ3) is 4.26. The molecular weight excluding hydrogens is 257 g/mol. The molecule has 0 spiro atoms. The molecule has 1 aromatic rings. The van der Waals surface area contributed by atoms with Crippen LogP contribution in [0.15, 0.2) is 6.07 Å². The minimum Gasteiger partial charge on any atom is -0.482 e. The van der Waals surface area contributed by atoms with E-state index in [2.05, 4.69) is 4.74 Å². The van der Waals surface area contributed by atoms with Crippen molar-refractivity contribution in [2.24, 2.45) is 0 Å². The molecule has 0 aliphatic rings. The average Bonchev–Trinajstić information content (AvgIpc) is 2.58. The number of aromatic carboxylic acids is 1. The van der Waals surface area contributed by atoms with Gasteiger partial charge in [-0.3, -0.25) is 0 Å². The number of carboxylic acids is 1. The fourth-order valence-electron chi connectivity index (χ4n) is 1.21. The third-order valence-electron chi connectivity index (χ3n) is 1.83. The molecule has 0 aliphatic carbocycles. The van der Waals surface area contributed by atoms with Crippen molar-refractivity contribution in [3.05, 3.63) is 15.8 Å². The molecule has 0 bridgehead atoms. The lowest BCUT2D eigenvalue weighted by Crippen LogP contribution is -2.19. The lowest BCUT2D eigenvalue weighted by atomic mass is 10.3. The second-order valence-corrected chi connectivity index (χ2v) is 4.50. The molecular formula is C10H11F3O3S. The number of alkyl halides is 3. The largest absolute Gasteiger partial charge is 0.482 e. The van der Waals surface area contributed by atoms with Gasteiger partial charge in [-0.05, 0) is 12.5 Å². The monoisotopic (exact) mass is 268 g/mol. The zero-order chi connectivity index (χ0) is 13.1. The number of hydrogen-bond donors (Lipinski definition) is 1. The number of halogens is 3. The Morgan fingerprint density at radius 3 is 2.65 bits per heavy atom. The maximum atomic E-state index is 12.0. The van der Waals surface area contributed by atoms with Gasteiger partial charge < -0.3 is 9.84 Å². The molecule has 0 saturated heterocycles. The van der Waals surface area contributed by atoms with E-state index in [1.165, 1.54) is 6.07 Å². The molecule has 0 aliphatic heterocycles. The summed E-state index contributed by atoms with van der Waals surface area (Å²) in [6.45, 7) is 0.423. The van der Waals surface area contributed by atoms with Gasteiger partial charge in [0.25, 0.3) is 0 Å². The summed E-state index contributed by atoms with van der Waals surface area (Å²) in [5.74, 6) is -1.47. The first-order valence-corrected chi connectivity index (χ1v) is 5.70. The second kappa shape index (κ2) is 5.39. The molecule has 17 heavy (non-hydrogen) atoms. The summed E-state index contributed by atoms with van der Waals surface area (Å²) in [5.41, 5.74) is 0. The Balaban J connectivity index is 2.85. The van der Waals surface area contributed by atoms with Crippen LogP contribution in [0, 0.1) is 0 Å². The zero-order valence-corrected chi connectivity index (χ0v) is 9.82. The molecule has 0 saturated carbocycles. The van der Waals surface area contributed by atoms with E-state index in [0.29, 0.717) is 11.3 Å². The molecule has 0 amide bonds. The van der Waals surface area contributed by atoms with Crippen molar-refractivity contribution in [2.75, 3.05) is 6.61 Å². The van der Waals surface area contributed by atoms with Crippen LogP contribution in [0.3, 0.4) is 0 Å². The highest BCUT2D eigenvalue weighted by Crippen LogP contribution is 2.31. The van der Waals surface area contributed by atoms with Crippen LogP contribution in [0.1, 0.15) is 27.9 Å². The Morgan fingerprint density at radius 2 is 2.18 bits per heavy atom. The van der Waals surface area contributed by atoms with Crippen molar-refractivity contribution in [1.82, 2.24) is 0 Å². The molecule has 96 valence electrons. The van der Waals surface area contributed by atoms with Crippen molar-refractivity contribution in [2.45, 2.75) is 25.9 Å². The molecule has 0 atom stereocenters. The Bertz CT molecular complexity index is 398. The van der Waals surface area contributed by atoms with Gasteiger partial charge in [-0.15, -0.1) is 11.3 Å². The van der Waals surface area contributed by atoms with Crippen molar-refractivity contribution in [3.8, 4) is 5.75 Å². The van der Waals surface area contributed by atoms with Crippen LogP contribution in [0.25, 0.3) is 0 Å². The maximum absolute atomic E-state index is 12.0. The summed E-state index contributed by atoms with van der Waals surface area (Å²) in [6, 6.07) is 1.36. The minimum atomic E-state index is -4.47. The number of rotatable bonds is 5. The van der Waals surface area contributed by atoms with Crippen LogP contribution >= 0.6 is 11.3 Å². The lowest BCUT2D eigenvalue weighted by molar-refractivity contribution is -0.153. The summed E-state index contributed by atoms with van der Waals surface area (Å²) >= 11 is 0.951. The van der Waals surface area contributed by atoms with Crippen LogP contribution in [-0.2, 0) is 6.42 Å². The predicted molar refractivity (Wildman–Crippen MR) is 56.8 cm³/mol. The van der Waals surface area contributed by atoms with Gasteiger partial charge in [0.15, 0.2) is 11.5 Å². The first-order valence-electron chi connectivity index (χ1n) is 4.89. The SMILES string of the molecule is CCCc1cc(OCC(F)(F)F)c(C(=O)O)s1. The van der Waals surface area contributed by atoms with Gasteiger partial charge in [0.2, 0.25) is 0 Å². The number of hydrogen-bond acceptors (Lipinski definition) is 3. The third-order valence-corrected chi connectivity index (χ3v) is 3.00. The van der Waals surface area contributed by atoms with Gasteiger partial charge in [0.1, 0.15) is 5.75 Å². The fraction of sp³-hybridized carbons (Fsp3) is 0.500. The number of carbonyl (C=O) groups is 1. The minimum absolute atomic E-state index is 0.183. The van der Waals surface area contributed by atoms with E-state index in [9.17, 15) is 18.0 Å². The van der Waals surface area contributed by atoms with Gasteiger partial charge in [-0.2, -0.15) is 13.2 Å². The molecule has 1 N–H and O–H groups in total. The molecule has 1 aromatic heterocycles. The quantitative estimate of drug-likeness (QED) is 0.890.